The van der Waals surface area contributed by atoms with Gasteiger partial charge in [0.25, 0.3) is 0 Å². The number of rotatable bonds is 6. The minimum atomic E-state index is 0. The number of hydrogen-bond donors (Lipinski definition) is 1. The highest BCUT2D eigenvalue weighted by atomic mass is 127. The normalized spacial score (nSPS) is 16.0. The monoisotopic (exact) mass is 467 g/mol. The lowest BCUT2D eigenvalue weighted by atomic mass is 10.1. The van der Waals surface area contributed by atoms with Crippen LogP contribution < -0.4 is 10.2 Å². The van der Waals surface area contributed by atoms with E-state index in [4.69, 9.17) is 9.73 Å². The van der Waals surface area contributed by atoms with Crippen molar-refractivity contribution in [3.8, 4) is 0 Å². The number of anilines is 1. The average molecular weight is 467 g/mol. The van der Waals surface area contributed by atoms with Crippen LogP contribution in [-0.2, 0) is 11.3 Å². The van der Waals surface area contributed by atoms with Crippen molar-refractivity contribution in [2.75, 3.05) is 45.2 Å². The Morgan fingerprint density at radius 3 is 2.67 bits per heavy atom. The molecule has 1 saturated heterocycles. The first kappa shape index (κ1) is 21.4. The Balaban J connectivity index is 0.00000288. The van der Waals surface area contributed by atoms with E-state index in [1.807, 2.05) is 19.0 Å². The molecule has 1 aromatic heterocycles. The summed E-state index contributed by atoms with van der Waals surface area (Å²) in [5.41, 5.74) is 1.03. The van der Waals surface area contributed by atoms with E-state index >= 15 is 0 Å². The molecule has 0 aromatic carbocycles. The lowest BCUT2D eigenvalue weighted by Crippen LogP contribution is -2.47. The molecular formula is C16H30IN5OS. The summed E-state index contributed by atoms with van der Waals surface area (Å²) >= 11 is 1.66. The number of nitrogens with one attached hydrogen (secondary N) is 1. The van der Waals surface area contributed by atoms with Crippen LogP contribution in [0, 0.1) is 0 Å². The van der Waals surface area contributed by atoms with E-state index < -0.39 is 0 Å². The van der Waals surface area contributed by atoms with Crippen molar-refractivity contribution in [2.45, 2.75) is 39.3 Å². The quantitative estimate of drug-likeness (QED) is 0.396. The summed E-state index contributed by atoms with van der Waals surface area (Å²) in [6.07, 6.45) is 2.54. The van der Waals surface area contributed by atoms with Gasteiger partial charge < -0.3 is 19.9 Å². The van der Waals surface area contributed by atoms with Crippen LogP contribution in [0.3, 0.4) is 0 Å². The van der Waals surface area contributed by atoms with E-state index in [1.165, 1.54) is 0 Å². The molecule has 1 aliphatic rings. The molecule has 1 aliphatic heterocycles. The summed E-state index contributed by atoms with van der Waals surface area (Å²) in [4.78, 5) is 13.7. The zero-order chi connectivity index (χ0) is 16.7. The van der Waals surface area contributed by atoms with E-state index in [-0.39, 0.29) is 24.0 Å². The summed E-state index contributed by atoms with van der Waals surface area (Å²) in [7, 11) is 4.02. The van der Waals surface area contributed by atoms with Crippen LogP contribution in [0.1, 0.15) is 32.4 Å². The van der Waals surface area contributed by atoms with Crippen molar-refractivity contribution in [1.82, 2.24) is 15.2 Å². The third kappa shape index (κ3) is 6.36. The maximum absolute atomic E-state index is 5.73. The molecular weight excluding hydrogens is 437 g/mol. The van der Waals surface area contributed by atoms with Crippen molar-refractivity contribution in [2.24, 2.45) is 4.99 Å². The summed E-state index contributed by atoms with van der Waals surface area (Å²) < 4.78 is 5.73. The highest BCUT2D eigenvalue weighted by molar-refractivity contribution is 14.0. The standard InChI is InChI=1S/C16H29N5OS.HI/c1-5-17-15(21-9-7-14(8-10-21)22-6-2)18-11-13-12-23-16(19-13)20(3)4;/h12,14H,5-11H2,1-4H3,(H,17,18);1H. The third-order valence-electron chi connectivity index (χ3n) is 3.79. The Bertz CT molecular complexity index is 500. The number of aliphatic imine (C=N–C) groups is 1. The number of nitrogens with zero attached hydrogens (tertiary/aromatic N) is 4. The number of hydrogen-bond acceptors (Lipinski definition) is 5. The van der Waals surface area contributed by atoms with Crippen molar-refractivity contribution in [3.05, 3.63) is 11.1 Å². The molecule has 0 radical (unpaired) electrons. The first-order valence-corrected chi connectivity index (χ1v) is 9.28. The smallest absolute Gasteiger partial charge is 0.194 e. The maximum atomic E-state index is 5.73. The predicted molar refractivity (Wildman–Crippen MR) is 113 cm³/mol. The SMILES string of the molecule is CCNC(=NCc1csc(N(C)C)n1)N1CCC(OCC)CC1.I. The molecule has 0 spiro atoms. The van der Waals surface area contributed by atoms with Crippen LogP contribution in [0.4, 0.5) is 5.13 Å². The molecule has 2 heterocycles. The average Bonchev–Trinajstić information content (AvgIpc) is 3.02. The van der Waals surface area contributed by atoms with Gasteiger partial charge in [-0.15, -0.1) is 35.3 Å². The van der Waals surface area contributed by atoms with E-state index in [9.17, 15) is 0 Å². The van der Waals surface area contributed by atoms with Crippen molar-refractivity contribution in [3.63, 3.8) is 0 Å². The number of thiazole rings is 1. The fourth-order valence-electron chi connectivity index (χ4n) is 2.63. The molecule has 0 atom stereocenters. The molecule has 8 heteroatoms. The van der Waals surface area contributed by atoms with Gasteiger partial charge in [-0.05, 0) is 26.7 Å². The zero-order valence-electron chi connectivity index (χ0n) is 15.1. The molecule has 1 aromatic rings. The molecule has 0 aliphatic carbocycles. The second kappa shape index (κ2) is 11.1. The molecule has 2 rings (SSSR count). The van der Waals surface area contributed by atoms with Gasteiger partial charge in [0.2, 0.25) is 0 Å². The topological polar surface area (TPSA) is 53.0 Å². The maximum Gasteiger partial charge on any atom is 0.194 e. The van der Waals surface area contributed by atoms with Crippen molar-refractivity contribution >= 4 is 46.4 Å². The predicted octanol–water partition coefficient (Wildman–Crippen LogP) is 2.79. The number of aromatic nitrogens is 1. The Hall–Kier alpha value is -0.610. The number of likely N-dealkylation sites (tertiary alicyclic amines) is 1. The van der Waals surface area contributed by atoms with Gasteiger partial charge in [-0.1, -0.05) is 0 Å². The highest BCUT2D eigenvalue weighted by Crippen LogP contribution is 2.19. The third-order valence-corrected chi connectivity index (χ3v) is 4.85. The summed E-state index contributed by atoms with van der Waals surface area (Å²) in [6.45, 7) is 8.47. The van der Waals surface area contributed by atoms with Crippen LogP contribution in [0.2, 0.25) is 0 Å². The second-order valence-electron chi connectivity index (χ2n) is 5.83. The molecule has 6 nitrogen and oxygen atoms in total. The van der Waals surface area contributed by atoms with Crippen LogP contribution in [0.25, 0.3) is 0 Å². The van der Waals surface area contributed by atoms with Crippen LogP contribution >= 0.6 is 35.3 Å². The Morgan fingerprint density at radius 2 is 2.12 bits per heavy atom. The minimum Gasteiger partial charge on any atom is -0.378 e. The van der Waals surface area contributed by atoms with E-state index in [0.717, 1.165) is 55.9 Å². The minimum absolute atomic E-state index is 0. The summed E-state index contributed by atoms with van der Waals surface area (Å²) in [6, 6.07) is 0. The second-order valence-corrected chi connectivity index (χ2v) is 6.66. The zero-order valence-corrected chi connectivity index (χ0v) is 18.3. The van der Waals surface area contributed by atoms with Crippen LogP contribution in [0.15, 0.2) is 10.4 Å². The Morgan fingerprint density at radius 1 is 1.42 bits per heavy atom. The fraction of sp³-hybridized carbons (Fsp3) is 0.750. The molecule has 138 valence electrons. The lowest BCUT2D eigenvalue weighted by Gasteiger charge is -2.34. The Labute approximate surface area is 166 Å². The number of ether oxygens (including phenoxy) is 1. The van der Waals surface area contributed by atoms with Gasteiger partial charge in [0, 0.05) is 45.7 Å². The van der Waals surface area contributed by atoms with Crippen LogP contribution in [-0.4, -0.2) is 62.3 Å². The lowest BCUT2D eigenvalue weighted by molar-refractivity contribution is 0.0263. The van der Waals surface area contributed by atoms with Gasteiger partial charge in [-0.2, -0.15) is 0 Å². The molecule has 0 bridgehead atoms. The summed E-state index contributed by atoms with van der Waals surface area (Å²) in [5.74, 6) is 0.988. The molecule has 0 amide bonds. The van der Waals surface area contributed by atoms with Gasteiger partial charge in [0.05, 0.1) is 18.3 Å². The number of halogens is 1. The first-order chi connectivity index (χ1) is 11.1. The van der Waals surface area contributed by atoms with Gasteiger partial charge >= 0.3 is 0 Å². The molecule has 1 fully saturated rings. The summed E-state index contributed by atoms with van der Waals surface area (Å²) in [5, 5.41) is 6.51. The van der Waals surface area contributed by atoms with Gasteiger partial charge in [0.1, 0.15) is 0 Å². The van der Waals surface area contributed by atoms with E-state index in [0.29, 0.717) is 12.6 Å². The number of piperidine rings is 1. The molecule has 1 N–H and O–H groups in total. The van der Waals surface area contributed by atoms with E-state index in [1.54, 1.807) is 11.3 Å². The molecule has 0 saturated carbocycles. The first-order valence-electron chi connectivity index (χ1n) is 8.40. The van der Waals surface area contributed by atoms with Gasteiger partial charge in [-0.25, -0.2) is 9.98 Å². The fourth-order valence-corrected chi connectivity index (χ4v) is 3.38. The largest absolute Gasteiger partial charge is 0.378 e. The van der Waals surface area contributed by atoms with Crippen LogP contribution in [0.5, 0.6) is 0 Å². The van der Waals surface area contributed by atoms with Gasteiger partial charge in [-0.3, -0.25) is 0 Å². The van der Waals surface area contributed by atoms with Gasteiger partial charge in [0.15, 0.2) is 11.1 Å². The van der Waals surface area contributed by atoms with Crippen molar-refractivity contribution < 1.29 is 4.74 Å². The van der Waals surface area contributed by atoms with Crippen molar-refractivity contribution in [1.29, 1.82) is 0 Å². The Kier molecular flexibility index (Phi) is 9.91. The molecule has 0 unspecified atom stereocenters. The van der Waals surface area contributed by atoms with E-state index in [2.05, 4.69) is 34.4 Å². The highest BCUT2D eigenvalue weighted by Gasteiger charge is 2.21. The number of guanidine groups is 1. The molecule has 24 heavy (non-hydrogen) atoms.